The first-order valence-electron chi connectivity index (χ1n) is 12.0. The highest BCUT2D eigenvalue weighted by Gasteiger charge is 2.55. The second-order valence-electron chi connectivity index (χ2n) is 8.98. The number of rotatable bonds is 10. The van der Waals surface area contributed by atoms with Gasteiger partial charge in [0.25, 0.3) is 3.79 Å². The van der Waals surface area contributed by atoms with Gasteiger partial charge in [0.15, 0.2) is 12.4 Å². The van der Waals surface area contributed by atoms with Gasteiger partial charge in [-0.3, -0.25) is 15.0 Å². The standard InChI is InChI=1S/C25H28Cl3NO10/c1-13(30)8-10-17(32)36-20-19-16(12-34-22(38-19)15-6-4-3-5-7-15)35-23(39-24(29)25(26,27)28)21(20)37-18(33)11-9-14(2)31/h3-7,16,19-23,29H,8-12H2,1-2H3/t16-,19-,20+,21-,22-,23?/m1/s1. The van der Waals surface area contributed by atoms with Crippen LogP contribution in [0.4, 0.5) is 0 Å². The summed E-state index contributed by atoms with van der Waals surface area (Å²) in [6.07, 6.45) is -7.96. The number of nitrogens with one attached hydrogen (secondary N) is 1. The molecule has 1 aromatic rings. The molecule has 0 aliphatic carbocycles. The van der Waals surface area contributed by atoms with Gasteiger partial charge in [-0.25, -0.2) is 0 Å². The molecule has 2 heterocycles. The third kappa shape index (κ3) is 9.12. The van der Waals surface area contributed by atoms with Crippen molar-refractivity contribution in [2.24, 2.45) is 0 Å². The first-order valence-corrected chi connectivity index (χ1v) is 13.2. The highest BCUT2D eigenvalue weighted by Crippen LogP contribution is 2.38. The quantitative estimate of drug-likeness (QED) is 0.180. The summed E-state index contributed by atoms with van der Waals surface area (Å²) in [5, 5.41) is 7.99. The summed E-state index contributed by atoms with van der Waals surface area (Å²) in [6.45, 7) is 2.59. The van der Waals surface area contributed by atoms with Gasteiger partial charge in [0.1, 0.15) is 23.8 Å². The van der Waals surface area contributed by atoms with Crippen LogP contribution < -0.4 is 0 Å². The van der Waals surface area contributed by atoms with Crippen molar-refractivity contribution >= 4 is 64.2 Å². The SMILES string of the molecule is CC(=O)CCC(=O)O[C@H]1[C@@H]2O[C@H](c3ccccc3)OC[C@H]2OC(OC(=N)C(Cl)(Cl)Cl)[C@@H]1OC(=O)CCC(C)=O. The molecule has 11 nitrogen and oxygen atoms in total. The molecule has 1 unspecified atom stereocenters. The van der Waals surface area contributed by atoms with E-state index in [1.54, 1.807) is 24.3 Å². The zero-order valence-corrected chi connectivity index (χ0v) is 23.4. The highest BCUT2D eigenvalue weighted by atomic mass is 35.6. The molecule has 1 N–H and O–H groups in total. The van der Waals surface area contributed by atoms with Gasteiger partial charge in [0.05, 0.1) is 19.4 Å². The Morgan fingerprint density at radius 2 is 1.44 bits per heavy atom. The Hall–Kier alpha value is -2.28. The van der Waals surface area contributed by atoms with Crippen molar-refractivity contribution < 1.29 is 47.6 Å². The lowest BCUT2D eigenvalue weighted by Gasteiger charge is -2.48. The van der Waals surface area contributed by atoms with E-state index in [1.165, 1.54) is 13.8 Å². The summed E-state index contributed by atoms with van der Waals surface area (Å²) in [5.41, 5.74) is 0.670. The minimum Gasteiger partial charge on any atom is -0.455 e. The highest BCUT2D eigenvalue weighted by molar-refractivity contribution is 6.76. The number of Topliss-reactive ketones (excluding diaryl/α,β-unsaturated/α-hetero) is 2. The number of carbonyl (C=O) groups is 4. The Bertz CT molecular complexity index is 1060. The average Bonchev–Trinajstić information content (AvgIpc) is 2.87. The molecule has 0 aromatic heterocycles. The molecule has 214 valence electrons. The second kappa shape index (κ2) is 13.9. The molecule has 2 saturated heterocycles. The van der Waals surface area contributed by atoms with Crippen LogP contribution in [0, 0.1) is 5.41 Å². The van der Waals surface area contributed by atoms with Crippen molar-refractivity contribution in [2.45, 2.75) is 80.3 Å². The lowest BCUT2D eigenvalue weighted by Crippen LogP contribution is -2.64. The van der Waals surface area contributed by atoms with Crippen LogP contribution in [0.5, 0.6) is 0 Å². The molecule has 39 heavy (non-hydrogen) atoms. The van der Waals surface area contributed by atoms with Gasteiger partial charge >= 0.3 is 11.9 Å². The largest absolute Gasteiger partial charge is 0.455 e. The van der Waals surface area contributed by atoms with Crippen LogP contribution in [-0.4, -0.2) is 70.5 Å². The molecule has 0 radical (unpaired) electrons. The van der Waals surface area contributed by atoms with Crippen molar-refractivity contribution in [1.29, 1.82) is 5.41 Å². The number of ether oxygens (including phenoxy) is 6. The van der Waals surface area contributed by atoms with E-state index < -0.39 is 58.6 Å². The predicted molar refractivity (Wildman–Crippen MR) is 137 cm³/mol. The van der Waals surface area contributed by atoms with Crippen molar-refractivity contribution in [3.63, 3.8) is 0 Å². The molecule has 2 aliphatic rings. The number of carbonyl (C=O) groups excluding carboxylic acids is 4. The van der Waals surface area contributed by atoms with E-state index in [1.807, 2.05) is 6.07 Å². The minimum atomic E-state index is -2.28. The van der Waals surface area contributed by atoms with Crippen LogP contribution in [0.1, 0.15) is 51.4 Å². The van der Waals surface area contributed by atoms with E-state index in [4.69, 9.17) is 68.6 Å². The van der Waals surface area contributed by atoms with Crippen molar-refractivity contribution in [1.82, 2.24) is 0 Å². The van der Waals surface area contributed by atoms with Gasteiger partial charge in [0, 0.05) is 18.4 Å². The van der Waals surface area contributed by atoms with E-state index in [0.29, 0.717) is 5.56 Å². The van der Waals surface area contributed by atoms with Gasteiger partial charge in [-0.05, 0) is 13.8 Å². The Balaban J connectivity index is 1.94. The summed E-state index contributed by atoms with van der Waals surface area (Å²) in [7, 11) is 0. The van der Waals surface area contributed by atoms with E-state index in [9.17, 15) is 19.2 Å². The fourth-order valence-electron chi connectivity index (χ4n) is 3.84. The lowest BCUT2D eigenvalue weighted by atomic mass is 9.97. The smallest absolute Gasteiger partial charge is 0.306 e. The van der Waals surface area contributed by atoms with Crippen molar-refractivity contribution in [3.05, 3.63) is 35.9 Å². The number of halogens is 3. The number of ketones is 2. The third-order valence-electron chi connectivity index (χ3n) is 5.74. The monoisotopic (exact) mass is 607 g/mol. The third-order valence-corrected chi connectivity index (χ3v) is 6.26. The zero-order chi connectivity index (χ0) is 28.7. The van der Waals surface area contributed by atoms with Gasteiger partial charge in [-0.15, -0.1) is 0 Å². The summed E-state index contributed by atoms with van der Waals surface area (Å²) in [6, 6.07) is 8.94. The summed E-state index contributed by atoms with van der Waals surface area (Å²) >= 11 is 17.3. The molecular formula is C25H28Cl3NO10. The zero-order valence-electron chi connectivity index (χ0n) is 21.1. The topological polar surface area (TPSA) is 148 Å². The first-order chi connectivity index (χ1) is 18.3. The van der Waals surface area contributed by atoms with Gasteiger partial charge in [-0.2, -0.15) is 0 Å². The summed E-state index contributed by atoms with van der Waals surface area (Å²) in [4.78, 5) is 48.2. The molecule has 0 spiro atoms. The number of esters is 2. The Kier molecular flexibility index (Phi) is 11.1. The van der Waals surface area contributed by atoms with E-state index in [2.05, 4.69) is 0 Å². The maximum atomic E-state index is 12.7. The molecule has 6 atom stereocenters. The molecule has 2 aliphatic heterocycles. The first kappa shape index (κ1) is 31.3. The van der Waals surface area contributed by atoms with Crippen molar-refractivity contribution in [2.75, 3.05) is 6.61 Å². The van der Waals surface area contributed by atoms with Crippen LogP contribution in [0.2, 0.25) is 0 Å². The number of benzene rings is 1. The summed E-state index contributed by atoms with van der Waals surface area (Å²) in [5.74, 6) is -2.93. The second-order valence-corrected chi connectivity index (χ2v) is 11.3. The van der Waals surface area contributed by atoms with E-state index in [-0.39, 0.29) is 43.9 Å². The number of fused-ring (bicyclic) bond motifs is 1. The Morgan fingerprint density at radius 1 is 0.872 bits per heavy atom. The number of hydrogen-bond donors (Lipinski definition) is 1. The molecule has 2 fully saturated rings. The Morgan fingerprint density at radius 3 is 1.97 bits per heavy atom. The molecule has 1 aromatic carbocycles. The van der Waals surface area contributed by atoms with Crippen LogP contribution in [0.15, 0.2) is 30.3 Å². The van der Waals surface area contributed by atoms with E-state index >= 15 is 0 Å². The van der Waals surface area contributed by atoms with Gasteiger partial charge < -0.3 is 38.0 Å². The van der Waals surface area contributed by atoms with Crippen LogP contribution in [-0.2, 0) is 47.6 Å². The summed E-state index contributed by atoms with van der Waals surface area (Å²) < 4.78 is 32.2. The number of alkyl halides is 3. The predicted octanol–water partition coefficient (Wildman–Crippen LogP) is 3.75. The van der Waals surface area contributed by atoms with Gasteiger partial charge in [0.2, 0.25) is 18.3 Å². The lowest BCUT2D eigenvalue weighted by molar-refractivity contribution is -0.353. The van der Waals surface area contributed by atoms with Crippen LogP contribution >= 0.6 is 34.8 Å². The fraction of sp³-hybridized carbons (Fsp3) is 0.560. The normalized spacial score (nSPS) is 26.6. The maximum Gasteiger partial charge on any atom is 0.306 e. The molecule has 14 heteroatoms. The minimum absolute atomic E-state index is 0.0578. The van der Waals surface area contributed by atoms with Gasteiger partial charge in [-0.1, -0.05) is 65.1 Å². The van der Waals surface area contributed by atoms with Crippen LogP contribution in [0.25, 0.3) is 0 Å². The van der Waals surface area contributed by atoms with Crippen molar-refractivity contribution in [3.8, 4) is 0 Å². The van der Waals surface area contributed by atoms with Crippen LogP contribution in [0.3, 0.4) is 0 Å². The molecule has 0 bridgehead atoms. The van der Waals surface area contributed by atoms with E-state index in [0.717, 1.165) is 0 Å². The molecule has 0 amide bonds. The average molecular weight is 609 g/mol. The maximum absolute atomic E-state index is 12.7. The molecule has 3 rings (SSSR count). The fourth-order valence-corrected chi connectivity index (χ4v) is 3.97. The molecule has 0 saturated carbocycles. The Labute approximate surface area is 239 Å². The molecular weight excluding hydrogens is 581 g/mol. The number of hydrogen-bond acceptors (Lipinski definition) is 11.